The summed E-state index contributed by atoms with van der Waals surface area (Å²) in [7, 11) is 0. The van der Waals surface area contributed by atoms with Crippen molar-refractivity contribution in [3.8, 4) is 5.75 Å². The summed E-state index contributed by atoms with van der Waals surface area (Å²) in [5.74, 6) is 1.69. The molecule has 0 saturated carbocycles. The summed E-state index contributed by atoms with van der Waals surface area (Å²) in [5, 5.41) is 9.55. The lowest BCUT2D eigenvalue weighted by molar-refractivity contribution is 0.174. The molecule has 0 bridgehead atoms. The zero-order valence-electron chi connectivity index (χ0n) is 14.1. The molecule has 1 aliphatic rings. The second-order valence-electron chi connectivity index (χ2n) is 6.94. The molecule has 1 aromatic heterocycles. The van der Waals surface area contributed by atoms with Crippen LogP contribution in [-0.2, 0) is 13.0 Å². The average Bonchev–Trinajstić information content (AvgIpc) is 3.00. The fourth-order valence-electron chi connectivity index (χ4n) is 3.64. The van der Waals surface area contributed by atoms with Gasteiger partial charge in [0, 0.05) is 6.07 Å². The quantitative estimate of drug-likeness (QED) is 0.759. The number of hydrogen-bond donors (Lipinski definition) is 2. The highest BCUT2D eigenvalue weighted by atomic mass is 19.1. The van der Waals surface area contributed by atoms with Gasteiger partial charge in [0.25, 0.3) is 0 Å². The molecule has 0 amide bonds. The molecule has 1 fully saturated rings. The zero-order chi connectivity index (χ0) is 17.2. The van der Waals surface area contributed by atoms with E-state index in [2.05, 4.69) is 14.9 Å². The molecule has 0 aliphatic carbocycles. The van der Waals surface area contributed by atoms with Crippen molar-refractivity contribution in [2.24, 2.45) is 5.92 Å². The highest BCUT2D eigenvalue weighted by Crippen LogP contribution is 2.24. The Hall–Kier alpha value is -2.40. The predicted molar refractivity (Wildman–Crippen MR) is 95.9 cm³/mol. The predicted octanol–water partition coefficient (Wildman–Crippen LogP) is 3.86. The SMILES string of the molecule is Oc1ccc2nc(CN3CCC(Cc4ccc(F)cc4)CC3)[nH]c2c1. The van der Waals surface area contributed by atoms with Gasteiger partial charge in [-0.25, -0.2) is 9.37 Å². The van der Waals surface area contributed by atoms with E-state index in [1.165, 1.54) is 5.56 Å². The number of benzene rings is 2. The summed E-state index contributed by atoms with van der Waals surface area (Å²) in [6.07, 6.45) is 3.33. The van der Waals surface area contributed by atoms with Crippen molar-refractivity contribution < 1.29 is 9.50 Å². The lowest BCUT2D eigenvalue weighted by atomic mass is 9.90. The number of aromatic amines is 1. The first-order chi connectivity index (χ1) is 12.2. The lowest BCUT2D eigenvalue weighted by Crippen LogP contribution is -2.34. The van der Waals surface area contributed by atoms with Crippen LogP contribution in [-0.4, -0.2) is 33.1 Å². The summed E-state index contributed by atoms with van der Waals surface area (Å²) < 4.78 is 13.0. The van der Waals surface area contributed by atoms with Crippen LogP contribution in [0.4, 0.5) is 4.39 Å². The zero-order valence-corrected chi connectivity index (χ0v) is 14.1. The van der Waals surface area contributed by atoms with Crippen molar-refractivity contribution in [2.45, 2.75) is 25.8 Å². The fourth-order valence-corrected chi connectivity index (χ4v) is 3.64. The van der Waals surface area contributed by atoms with E-state index in [-0.39, 0.29) is 11.6 Å². The van der Waals surface area contributed by atoms with Crippen LogP contribution in [0.15, 0.2) is 42.5 Å². The highest BCUT2D eigenvalue weighted by molar-refractivity contribution is 5.76. The van der Waals surface area contributed by atoms with Crippen LogP contribution in [0.3, 0.4) is 0 Å². The van der Waals surface area contributed by atoms with Crippen LogP contribution in [0, 0.1) is 11.7 Å². The first-order valence-corrected chi connectivity index (χ1v) is 8.80. The number of nitrogens with zero attached hydrogens (tertiary/aromatic N) is 2. The molecule has 25 heavy (non-hydrogen) atoms. The van der Waals surface area contributed by atoms with E-state index in [0.717, 1.165) is 55.8 Å². The minimum atomic E-state index is -0.169. The average molecular weight is 339 g/mol. The monoisotopic (exact) mass is 339 g/mol. The van der Waals surface area contributed by atoms with E-state index in [4.69, 9.17) is 0 Å². The summed E-state index contributed by atoms with van der Waals surface area (Å²) in [6, 6.07) is 12.1. The lowest BCUT2D eigenvalue weighted by Gasteiger charge is -2.31. The third-order valence-corrected chi connectivity index (χ3v) is 5.03. The maximum absolute atomic E-state index is 13.0. The molecule has 130 valence electrons. The Morgan fingerprint density at radius 3 is 2.64 bits per heavy atom. The maximum atomic E-state index is 13.0. The van der Waals surface area contributed by atoms with Gasteiger partial charge in [0.15, 0.2) is 0 Å². The van der Waals surface area contributed by atoms with Gasteiger partial charge >= 0.3 is 0 Å². The van der Waals surface area contributed by atoms with Crippen LogP contribution in [0.1, 0.15) is 24.2 Å². The smallest absolute Gasteiger partial charge is 0.123 e. The normalized spacial score (nSPS) is 16.5. The van der Waals surface area contributed by atoms with Gasteiger partial charge < -0.3 is 10.1 Å². The van der Waals surface area contributed by atoms with E-state index < -0.39 is 0 Å². The third kappa shape index (κ3) is 3.82. The van der Waals surface area contributed by atoms with Crippen molar-refractivity contribution in [1.82, 2.24) is 14.9 Å². The Morgan fingerprint density at radius 1 is 1.12 bits per heavy atom. The van der Waals surface area contributed by atoms with Crippen molar-refractivity contribution in [2.75, 3.05) is 13.1 Å². The molecule has 3 aromatic rings. The molecule has 0 atom stereocenters. The van der Waals surface area contributed by atoms with Crippen molar-refractivity contribution in [3.05, 3.63) is 59.7 Å². The Labute approximate surface area is 146 Å². The van der Waals surface area contributed by atoms with Gasteiger partial charge in [-0.1, -0.05) is 12.1 Å². The molecule has 0 unspecified atom stereocenters. The Balaban J connectivity index is 1.32. The number of fused-ring (bicyclic) bond motifs is 1. The van der Waals surface area contributed by atoms with Crippen LogP contribution in [0.2, 0.25) is 0 Å². The van der Waals surface area contributed by atoms with E-state index in [1.807, 2.05) is 18.2 Å². The number of phenolic OH excluding ortho intramolecular Hbond substituents is 1. The number of H-pyrrole nitrogens is 1. The highest BCUT2D eigenvalue weighted by Gasteiger charge is 2.20. The molecule has 2 N–H and O–H groups in total. The molecule has 1 aliphatic heterocycles. The van der Waals surface area contributed by atoms with Crippen molar-refractivity contribution in [3.63, 3.8) is 0 Å². The summed E-state index contributed by atoms with van der Waals surface area (Å²) >= 11 is 0. The molecule has 1 saturated heterocycles. The minimum absolute atomic E-state index is 0.169. The standard InChI is InChI=1S/C20H22FN3O/c21-16-3-1-14(2-4-16)11-15-7-9-24(10-8-15)13-20-22-18-6-5-17(25)12-19(18)23-20/h1-6,12,15,25H,7-11,13H2,(H,22,23). The number of nitrogens with one attached hydrogen (secondary N) is 1. The number of imidazole rings is 1. The van der Waals surface area contributed by atoms with Gasteiger partial charge in [0.2, 0.25) is 0 Å². The number of rotatable bonds is 4. The minimum Gasteiger partial charge on any atom is -0.508 e. The van der Waals surface area contributed by atoms with E-state index in [0.29, 0.717) is 5.92 Å². The number of halogens is 1. The fraction of sp³-hybridized carbons (Fsp3) is 0.350. The van der Waals surface area contributed by atoms with Gasteiger partial charge in [-0.05, 0) is 68.1 Å². The van der Waals surface area contributed by atoms with Crippen LogP contribution < -0.4 is 0 Å². The summed E-state index contributed by atoms with van der Waals surface area (Å²) in [5.41, 5.74) is 2.98. The van der Waals surface area contributed by atoms with Gasteiger partial charge in [0.1, 0.15) is 17.4 Å². The van der Waals surface area contributed by atoms with E-state index in [1.54, 1.807) is 24.3 Å². The second-order valence-corrected chi connectivity index (χ2v) is 6.94. The van der Waals surface area contributed by atoms with E-state index in [9.17, 15) is 9.50 Å². The van der Waals surface area contributed by atoms with Crippen molar-refractivity contribution >= 4 is 11.0 Å². The molecular weight excluding hydrogens is 317 g/mol. The van der Waals surface area contributed by atoms with Gasteiger partial charge in [-0.2, -0.15) is 0 Å². The molecule has 4 rings (SSSR count). The molecule has 0 radical (unpaired) electrons. The number of aromatic hydroxyl groups is 1. The number of likely N-dealkylation sites (tertiary alicyclic amines) is 1. The number of hydrogen-bond acceptors (Lipinski definition) is 3. The molecular formula is C20H22FN3O. The number of piperidine rings is 1. The van der Waals surface area contributed by atoms with Gasteiger partial charge in [-0.3, -0.25) is 4.90 Å². The van der Waals surface area contributed by atoms with Gasteiger partial charge in [-0.15, -0.1) is 0 Å². The third-order valence-electron chi connectivity index (χ3n) is 5.03. The van der Waals surface area contributed by atoms with Crippen LogP contribution in [0.5, 0.6) is 5.75 Å². The summed E-state index contributed by atoms with van der Waals surface area (Å²) in [4.78, 5) is 10.3. The molecule has 4 nitrogen and oxygen atoms in total. The van der Waals surface area contributed by atoms with Gasteiger partial charge in [0.05, 0.1) is 17.6 Å². The number of phenols is 1. The Bertz CT molecular complexity index is 851. The van der Waals surface area contributed by atoms with Crippen LogP contribution >= 0.6 is 0 Å². The Morgan fingerprint density at radius 2 is 1.88 bits per heavy atom. The maximum Gasteiger partial charge on any atom is 0.123 e. The molecule has 2 aromatic carbocycles. The van der Waals surface area contributed by atoms with Crippen molar-refractivity contribution in [1.29, 1.82) is 0 Å². The molecule has 5 heteroatoms. The largest absolute Gasteiger partial charge is 0.508 e. The topological polar surface area (TPSA) is 52.2 Å². The Kier molecular flexibility index (Phi) is 4.40. The molecule has 2 heterocycles. The number of aromatic nitrogens is 2. The molecule has 0 spiro atoms. The van der Waals surface area contributed by atoms with E-state index >= 15 is 0 Å². The first kappa shape index (κ1) is 16.1. The van der Waals surface area contributed by atoms with Crippen LogP contribution in [0.25, 0.3) is 11.0 Å². The first-order valence-electron chi connectivity index (χ1n) is 8.80. The summed E-state index contributed by atoms with van der Waals surface area (Å²) in [6.45, 7) is 2.90. The second kappa shape index (κ2) is 6.84.